The number of amidine groups is 1. The van der Waals surface area contributed by atoms with E-state index in [0.717, 1.165) is 10.7 Å². The van der Waals surface area contributed by atoms with E-state index in [9.17, 15) is 5.11 Å². The lowest BCUT2D eigenvalue weighted by atomic mass is 10.0. The topological polar surface area (TPSA) is 67.2 Å². The van der Waals surface area contributed by atoms with Crippen LogP contribution in [-0.4, -0.2) is 46.7 Å². The van der Waals surface area contributed by atoms with E-state index < -0.39 is 5.72 Å². The Hall–Kier alpha value is -2.25. The second-order valence-corrected chi connectivity index (χ2v) is 6.44. The van der Waals surface area contributed by atoms with E-state index in [2.05, 4.69) is 9.98 Å². The fourth-order valence-corrected chi connectivity index (χ4v) is 4.06. The van der Waals surface area contributed by atoms with Crippen LogP contribution in [-0.2, 0) is 5.72 Å². The number of aliphatic imine (C=N–C) groups is 1. The summed E-state index contributed by atoms with van der Waals surface area (Å²) in [6, 6.07) is 11.1. The number of thioether (sulfide) groups is 1. The normalized spacial score (nSPS) is 21.6. The average molecular weight is 359 g/mol. The lowest BCUT2D eigenvalue weighted by Crippen LogP contribution is -2.44. The lowest BCUT2D eigenvalue weighted by molar-refractivity contribution is -0.0453. The predicted molar refractivity (Wildman–Crippen MR) is 99.6 cm³/mol. The SMILES string of the molecule is CCN1C(=Nc2ccccn2)SC[C@@]1(O)c1ccc(OC)c(OC)c1. The molecule has 1 fully saturated rings. The molecule has 0 aliphatic carbocycles. The minimum absolute atomic E-state index is 0.474. The molecule has 0 unspecified atom stereocenters. The monoisotopic (exact) mass is 359 g/mol. The van der Waals surface area contributed by atoms with Crippen LogP contribution in [0.2, 0.25) is 0 Å². The van der Waals surface area contributed by atoms with Gasteiger partial charge in [-0.25, -0.2) is 9.98 Å². The maximum absolute atomic E-state index is 11.4. The number of methoxy groups -OCH3 is 2. The minimum Gasteiger partial charge on any atom is -0.493 e. The second kappa shape index (κ2) is 7.33. The van der Waals surface area contributed by atoms with Gasteiger partial charge in [0, 0.05) is 18.3 Å². The van der Waals surface area contributed by atoms with Crippen molar-refractivity contribution in [3.05, 3.63) is 48.2 Å². The highest BCUT2D eigenvalue weighted by Gasteiger charge is 2.44. The van der Waals surface area contributed by atoms with Crippen LogP contribution in [0.5, 0.6) is 11.5 Å². The summed E-state index contributed by atoms with van der Waals surface area (Å²) in [5, 5.41) is 12.1. The van der Waals surface area contributed by atoms with E-state index in [1.54, 1.807) is 26.5 Å². The first kappa shape index (κ1) is 17.6. The van der Waals surface area contributed by atoms with Crippen molar-refractivity contribution in [2.75, 3.05) is 26.5 Å². The number of ether oxygens (including phenoxy) is 2. The van der Waals surface area contributed by atoms with E-state index in [0.29, 0.717) is 29.6 Å². The highest BCUT2D eigenvalue weighted by atomic mass is 32.2. The highest BCUT2D eigenvalue weighted by Crippen LogP contribution is 2.42. The van der Waals surface area contributed by atoms with Gasteiger partial charge in [-0.05, 0) is 31.2 Å². The van der Waals surface area contributed by atoms with Crippen molar-refractivity contribution in [1.29, 1.82) is 0 Å². The molecule has 1 aliphatic heterocycles. The van der Waals surface area contributed by atoms with Crippen LogP contribution >= 0.6 is 11.8 Å². The van der Waals surface area contributed by atoms with Crippen LogP contribution in [0.25, 0.3) is 0 Å². The zero-order valence-corrected chi connectivity index (χ0v) is 15.3. The molecular weight excluding hydrogens is 338 g/mol. The van der Waals surface area contributed by atoms with Gasteiger partial charge in [0.25, 0.3) is 0 Å². The minimum atomic E-state index is -1.16. The van der Waals surface area contributed by atoms with Gasteiger partial charge in [-0.2, -0.15) is 0 Å². The largest absolute Gasteiger partial charge is 0.493 e. The Bertz CT molecular complexity index is 769. The maximum Gasteiger partial charge on any atom is 0.175 e. The predicted octanol–water partition coefficient (Wildman–Crippen LogP) is 3.00. The van der Waals surface area contributed by atoms with Gasteiger partial charge in [0.1, 0.15) is 0 Å². The Labute approximate surface area is 151 Å². The first-order valence-electron chi connectivity index (χ1n) is 7.97. The number of hydrogen-bond acceptors (Lipinski definition) is 6. The molecule has 7 heteroatoms. The van der Waals surface area contributed by atoms with Crippen LogP contribution in [0, 0.1) is 0 Å². The third kappa shape index (κ3) is 3.29. The summed E-state index contributed by atoms with van der Waals surface area (Å²) in [5.41, 5.74) is -0.419. The molecule has 1 aliphatic rings. The van der Waals surface area contributed by atoms with Crippen LogP contribution in [0.15, 0.2) is 47.6 Å². The quantitative estimate of drug-likeness (QED) is 0.885. The van der Waals surface area contributed by atoms with E-state index in [1.807, 2.05) is 42.2 Å². The summed E-state index contributed by atoms with van der Waals surface area (Å²) in [4.78, 5) is 10.7. The molecule has 2 aromatic rings. The Morgan fingerprint density at radius 2 is 2.04 bits per heavy atom. The third-order valence-electron chi connectivity index (χ3n) is 4.10. The summed E-state index contributed by atoms with van der Waals surface area (Å²) in [5.74, 6) is 2.32. The zero-order valence-electron chi connectivity index (χ0n) is 14.5. The lowest BCUT2D eigenvalue weighted by Gasteiger charge is -2.34. The molecular formula is C18H21N3O3S. The van der Waals surface area contributed by atoms with Gasteiger partial charge in [-0.15, -0.1) is 0 Å². The third-order valence-corrected chi connectivity index (χ3v) is 5.22. The summed E-state index contributed by atoms with van der Waals surface area (Å²) in [6.07, 6.45) is 1.70. The molecule has 1 aromatic carbocycles. The van der Waals surface area contributed by atoms with Crippen LogP contribution in [0.4, 0.5) is 5.82 Å². The van der Waals surface area contributed by atoms with Gasteiger partial charge in [-0.3, -0.25) is 0 Å². The molecule has 1 aromatic heterocycles. The molecule has 1 saturated heterocycles. The molecule has 2 heterocycles. The van der Waals surface area contributed by atoms with Gasteiger partial charge in [0.05, 0.1) is 20.0 Å². The molecule has 0 saturated carbocycles. The molecule has 1 atom stereocenters. The number of pyridine rings is 1. The molecule has 0 radical (unpaired) electrons. The molecule has 3 rings (SSSR count). The number of rotatable bonds is 5. The van der Waals surface area contributed by atoms with Crippen LogP contribution in [0.3, 0.4) is 0 Å². The Morgan fingerprint density at radius 1 is 1.24 bits per heavy atom. The first-order valence-corrected chi connectivity index (χ1v) is 8.96. The van der Waals surface area contributed by atoms with Gasteiger partial charge in [-0.1, -0.05) is 23.9 Å². The molecule has 0 spiro atoms. The Balaban J connectivity index is 1.97. The van der Waals surface area contributed by atoms with E-state index >= 15 is 0 Å². The van der Waals surface area contributed by atoms with Crippen molar-refractivity contribution in [3.63, 3.8) is 0 Å². The van der Waals surface area contributed by atoms with Crippen molar-refractivity contribution < 1.29 is 14.6 Å². The first-order chi connectivity index (χ1) is 12.1. The van der Waals surface area contributed by atoms with Gasteiger partial charge < -0.3 is 19.5 Å². The molecule has 132 valence electrons. The van der Waals surface area contributed by atoms with Crippen molar-refractivity contribution >= 4 is 22.7 Å². The molecule has 0 amide bonds. The summed E-state index contributed by atoms with van der Waals surface area (Å²) >= 11 is 1.51. The van der Waals surface area contributed by atoms with Gasteiger partial charge >= 0.3 is 0 Å². The Kier molecular flexibility index (Phi) is 5.15. The Morgan fingerprint density at radius 3 is 2.68 bits per heavy atom. The number of benzene rings is 1. The molecule has 25 heavy (non-hydrogen) atoms. The fraction of sp³-hybridized carbons (Fsp3) is 0.333. The highest BCUT2D eigenvalue weighted by molar-refractivity contribution is 8.14. The average Bonchev–Trinajstić information content (AvgIpc) is 2.98. The molecule has 6 nitrogen and oxygen atoms in total. The summed E-state index contributed by atoms with van der Waals surface area (Å²) in [7, 11) is 3.17. The fourth-order valence-electron chi connectivity index (χ4n) is 2.81. The summed E-state index contributed by atoms with van der Waals surface area (Å²) < 4.78 is 10.7. The number of hydrogen-bond donors (Lipinski definition) is 1. The standard InChI is InChI=1S/C18H21N3O3S/c1-4-21-17(20-16-7-5-6-10-19-16)25-12-18(21,22)13-8-9-14(23-2)15(11-13)24-3/h5-11,22H,4,12H2,1-3H3/t18-/m1/s1. The van der Waals surface area contributed by atoms with Crippen molar-refractivity contribution in [2.24, 2.45) is 4.99 Å². The van der Waals surface area contributed by atoms with Gasteiger partial charge in [0.15, 0.2) is 28.2 Å². The number of aromatic nitrogens is 1. The van der Waals surface area contributed by atoms with E-state index in [-0.39, 0.29) is 0 Å². The second-order valence-electron chi connectivity index (χ2n) is 5.50. The van der Waals surface area contributed by atoms with Crippen LogP contribution < -0.4 is 9.47 Å². The van der Waals surface area contributed by atoms with E-state index in [1.165, 1.54) is 11.8 Å². The smallest absolute Gasteiger partial charge is 0.175 e. The van der Waals surface area contributed by atoms with Crippen molar-refractivity contribution in [3.8, 4) is 11.5 Å². The maximum atomic E-state index is 11.4. The summed E-state index contributed by atoms with van der Waals surface area (Å²) in [6.45, 7) is 2.61. The van der Waals surface area contributed by atoms with Crippen molar-refractivity contribution in [1.82, 2.24) is 9.88 Å². The number of nitrogens with zero attached hydrogens (tertiary/aromatic N) is 3. The molecule has 1 N–H and O–H groups in total. The van der Waals surface area contributed by atoms with E-state index in [4.69, 9.17) is 9.47 Å². The van der Waals surface area contributed by atoms with Gasteiger partial charge in [0.2, 0.25) is 0 Å². The number of aliphatic hydroxyl groups is 1. The molecule has 0 bridgehead atoms. The van der Waals surface area contributed by atoms with Crippen LogP contribution in [0.1, 0.15) is 12.5 Å². The zero-order chi connectivity index (χ0) is 17.9. The van der Waals surface area contributed by atoms with Crippen molar-refractivity contribution in [2.45, 2.75) is 12.6 Å².